The SMILES string of the molecule is Cn1ccnc1.[CH2+]C. The number of rotatable bonds is 0. The molecule has 0 unspecified atom stereocenters. The lowest BCUT2D eigenvalue weighted by molar-refractivity contribution is 0.913. The minimum atomic E-state index is 1.75. The lowest BCUT2D eigenvalue weighted by Gasteiger charge is -1.76. The van der Waals surface area contributed by atoms with Crippen LogP contribution in [0.4, 0.5) is 0 Å². The highest BCUT2D eigenvalue weighted by Crippen LogP contribution is 1.73. The molecule has 0 bridgehead atoms. The molecule has 0 atom stereocenters. The van der Waals surface area contributed by atoms with Gasteiger partial charge in [-0.15, -0.1) is 0 Å². The molecule has 1 aromatic rings. The normalized spacial score (nSPS) is 7.25. The zero-order chi connectivity index (χ0) is 6.41. The van der Waals surface area contributed by atoms with E-state index in [-0.39, 0.29) is 0 Å². The molecule has 0 aliphatic heterocycles. The highest BCUT2D eigenvalue weighted by molar-refractivity contribution is 4.70. The van der Waals surface area contributed by atoms with Crippen molar-refractivity contribution in [3.8, 4) is 0 Å². The van der Waals surface area contributed by atoms with Crippen LogP contribution in [0.1, 0.15) is 6.92 Å². The molecule has 0 aliphatic carbocycles. The van der Waals surface area contributed by atoms with E-state index in [0.717, 1.165) is 0 Å². The number of hydrogen-bond acceptors (Lipinski definition) is 1. The fraction of sp³-hybridized carbons (Fsp3) is 0.333. The van der Waals surface area contributed by atoms with Crippen molar-refractivity contribution in [1.82, 2.24) is 9.55 Å². The highest BCUT2D eigenvalue weighted by atomic mass is 15.0. The van der Waals surface area contributed by atoms with Crippen molar-refractivity contribution in [1.29, 1.82) is 0 Å². The predicted octanol–water partition coefficient (Wildman–Crippen LogP) is 1.26. The summed E-state index contributed by atoms with van der Waals surface area (Å²) < 4.78 is 1.89. The molecule has 44 valence electrons. The summed E-state index contributed by atoms with van der Waals surface area (Å²) in [6.07, 6.45) is 5.39. The second kappa shape index (κ2) is 4.24. The van der Waals surface area contributed by atoms with Gasteiger partial charge in [-0.2, -0.15) is 0 Å². The van der Waals surface area contributed by atoms with Crippen LogP contribution in [0.15, 0.2) is 18.7 Å². The topological polar surface area (TPSA) is 17.8 Å². The first-order chi connectivity index (χ1) is 3.89. The van der Waals surface area contributed by atoms with E-state index in [1.165, 1.54) is 0 Å². The van der Waals surface area contributed by atoms with Gasteiger partial charge in [-0.25, -0.2) is 4.98 Å². The first kappa shape index (κ1) is 7.08. The second-order valence-corrected chi connectivity index (χ2v) is 1.23. The maximum absolute atomic E-state index is 3.78. The number of aromatic nitrogens is 2. The van der Waals surface area contributed by atoms with Crippen LogP contribution in [-0.2, 0) is 7.05 Å². The summed E-state index contributed by atoms with van der Waals surface area (Å²) >= 11 is 0. The van der Waals surface area contributed by atoms with Crippen LogP contribution >= 0.6 is 0 Å². The molecule has 2 heteroatoms. The van der Waals surface area contributed by atoms with Crippen molar-refractivity contribution in [3.05, 3.63) is 25.6 Å². The molecule has 1 aromatic heterocycles. The van der Waals surface area contributed by atoms with Gasteiger partial charge in [-0.05, 0) is 0 Å². The summed E-state index contributed by atoms with van der Waals surface area (Å²) in [5.41, 5.74) is 0. The zero-order valence-electron chi connectivity index (χ0n) is 5.33. The van der Waals surface area contributed by atoms with Gasteiger partial charge in [-0.3, -0.25) is 0 Å². The van der Waals surface area contributed by atoms with E-state index < -0.39 is 0 Å². The molecule has 0 aromatic carbocycles. The van der Waals surface area contributed by atoms with Gasteiger partial charge in [0.1, 0.15) is 0 Å². The first-order valence-corrected chi connectivity index (χ1v) is 2.52. The number of hydrogen-bond donors (Lipinski definition) is 0. The monoisotopic (exact) mass is 111 g/mol. The highest BCUT2D eigenvalue weighted by Gasteiger charge is 1.69. The molecule has 0 N–H and O–H groups in total. The van der Waals surface area contributed by atoms with Gasteiger partial charge in [0.25, 0.3) is 0 Å². The van der Waals surface area contributed by atoms with Crippen molar-refractivity contribution in [3.63, 3.8) is 0 Å². The van der Waals surface area contributed by atoms with Crippen LogP contribution in [0.2, 0.25) is 0 Å². The summed E-state index contributed by atoms with van der Waals surface area (Å²) in [4.78, 5) is 3.78. The Morgan fingerprint density at radius 2 is 2.12 bits per heavy atom. The Morgan fingerprint density at radius 1 is 1.50 bits per heavy atom. The Morgan fingerprint density at radius 3 is 2.25 bits per heavy atom. The molecule has 2 nitrogen and oxygen atoms in total. The Labute approximate surface area is 50.2 Å². The smallest absolute Gasteiger partial charge is 0.0943 e. The van der Waals surface area contributed by atoms with Crippen molar-refractivity contribution < 1.29 is 0 Å². The lowest BCUT2D eigenvalue weighted by atomic mass is 10.9. The van der Waals surface area contributed by atoms with Crippen LogP contribution in [0.3, 0.4) is 0 Å². The van der Waals surface area contributed by atoms with Crippen LogP contribution in [0, 0.1) is 6.92 Å². The average Bonchev–Trinajstić information content (AvgIpc) is 2.24. The molecule has 0 spiro atoms. The molecular weight excluding hydrogens is 100 g/mol. The third-order valence-electron chi connectivity index (χ3n) is 0.637. The summed E-state index contributed by atoms with van der Waals surface area (Å²) in [5, 5.41) is 0. The molecule has 8 heavy (non-hydrogen) atoms. The van der Waals surface area contributed by atoms with Gasteiger partial charge in [0.15, 0.2) is 0 Å². The third-order valence-corrected chi connectivity index (χ3v) is 0.637. The minimum Gasteiger partial charge on any atom is -0.341 e. The van der Waals surface area contributed by atoms with Crippen molar-refractivity contribution >= 4 is 0 Å². The van der Waals surface area contributed by atoms with E-state index in [4.69, 9.17) is 0 Å². The Bertz CT molecular complexity index is 110. The van der Waals surface area contributed by atoms with Gasteiger partial charge in [0, 0.05) is 19.4 Å². The molecule has 0 fully saturated rings. The Balaban J connectivity index is 0.000000222. The fourth-order valence-corrected chi connectivity index (χ4v) is 0.326. The van der Waals surface area contributed by atoms with E-state index in [9.17, 15) is 0 Å². The van der Waals surface area contributed by atoms with E-state index in [2.05, 4.69) is 11.9 Å². The molecule has 0 radical (unpaired) electrons. The average molecular weight is 111 g/mol. The Hall–Kier alpha value is -0.920. The maximum atomic E-state index is 3.78. The number of aryl methyl sites for hydroxylation is 1. The van der Waals surface area contributed by atoms with E-state index in [1.807, 2.05) is 17.8 Å². The van der Waals surface area contributed by atoms with Gasteiger partial charge >= 0.3 is 0 Å². The standard InChI is InChI=1S/C4H6N2.C2H5/c1-6-3-2-5-4-6;1-2/h2-4H,1H3;1H2,2H3/q;+1. The largest absolute Gasteiger partial charge is 0.341 e. The van der Waals surface area contributed by atoms with Gasteiger partial charge in [-0.1, -0.05) is 0 Å². The summed E-state index contributed by atoms with van der Waals surface area (Å²) in [5.74, 6) is 0. The second-order valence-electron chi connectivity index (χ2n) is 1.23. The van der Waals surface area contributed by atoms with Crippen molar-refractivity contribution in [2.75, 3.05) is 0 Å². The van der Waals surface area contributed by atoms with Crippen LogP contribution < -0.4 is 0 Å². The molecule has 0 saturated heterocycles. The summed E-state index contributed by atoms with van der Waals surface area (Å²) in [7, 11) is 1.94. The van der Waals surface area contributed by atoms with Crippen LogP contribution in [-0.4, -0.2) is 9.55 Å². The van der Waals surface area contributed by atoms with Crippen molar-refractivity contribution in [2.24, 2.45) is 7.05 Å². The first-order valence-electron chi connectivity index (χ1n) is 2.52. The van der Waals surface area contributed by atoms with E-state index >= 15 is 0 Å². The molecular formula is C6H11N2+. The van der Waals surface area contributed by atoms with Crippen LogP contribution in [0.5, 0.6) is 0 Å². The Kier molecular flexibility index (Phi) is 3.76. The third kappa shape index (κ3) is 2.29. The fourth-order valence-electron chi connectivity index (χ4n) is 0.326. The minimum absolute atomic E-state index is 1.75. The predicted molar refractivity (Wildman–Crippen MR) is 34.2 cm³/mol. The summed E-state index contributed by atoms with van der Waals surface area (Å²) in [6.45, 7) is 5.00. The van der Waals surface area contributed by atoms with E-state index in [0.29, 0.717) is 0 Å². The zero-order valence-corrected chi connectivity index (χ0v) is 5.33. The quantitative estimate of drug-likeness (QED) is 0.461. The maximum Gasteiger partial charge on any atom is 0.0943 e. The molecule has 0 saturated carbocycles. The molecule has 0 amide bonds. The van der Waals surface area contributed by atoms with Crippen LogP contribution in [0.25, 0.3) is 0 Å². The van der Waals surface area contributed by atoms with Crippen molar-refractivity contribution in [2.45, 2.75) is 6.92 Å². The molecule has 1 rings (SSSR count). The van der Waals surface area contributed by atoms with E-state index in [1.54, 1.807) is 19.4 Å². The number of nitrogens with zero attached hydrogens (tertiary/aromatic N) is 2. The summed E-state index contributed by atoms with van der Waals surface area (Å²) in [6, 6.07) is 0. The molecule has 0 aliphatic rings. The van der Waals surface area contributed by atoms with Gasteiger partial charge < -0.3 is 4.57 Å². The number of imidazole rings is 1. The molecule has 1 heterocycles. The van der Waals surface area contributed by atoms with Gasteiger partial charge in [0.05, 0.1) is 20.2 Å². The van der Waals surface area contributed by atoms with Gasteiger partial charge in [0.2, 0.25) is 0 Å². The lowest BCUT2D eigenvalue weighted by Crippen LogP contribution is -1.76.